The summed E-state index contributed by atoms with van der Waals surface area (Å²) in [5.41, 5.74) is 1.14. The average molecular weight is 317 g/mol. The molecule has 0 aliphatic carbocycles. The van der Waals surface area contributed by atoms with Crippen LogP contribution in [-0.2, 0) is 16.1 Å². The van der Waals surface area contributed by atoms with E-state index in [2.05, 4.69) is 5.10 Å². The van der Waals surface area contributed by atoms with Gasteiger partial charge in [-0.25, -0.2) is 9.80 Å². The zero-order chi connectivity index (χ0) is 17.0. The Balaban J connectivity index is 1.94. The number of hydrogen-bond donors (Lipinski definition) is 0. The van der Waals surface area contributed by atoms with Crippen molar-refractivity contribution in [3.05, 3.63) is 35.9 Å². The van der Waals surface area contributed by atoms with Gasteiger partial charge in [-0.05, 0) is 26.3 Å². The van der Waals surface area contributed by atoms with Crippen molar-refractivity contribution in [2.75, 3.05) is 13.6 Å². The van der Waals surface area contributed by atoms with E-state index in [9.17, 15) is 9.59 Å². The van der Waals surface area contributed by atoms with Crippen LogP contribution >= 0.6 is 0 Å². The Kier molecular flexibility index (Phi) is 5.03. The number of ether oxygens (including phenoxy) is 1. The molecule has 1 aliphatic heterocycles. The van der Waals surface area contributed by atoms with Gasteiger partial charge in [0, 0.05) is 7.05 Å². The van der Waals surface area contributed by atoms with Gasteiger partial charge < -0.3 is 9.64 Å². The number of carbonyl (C=O) groups is 2. The van der Waals surface area contributed by atoms with Gasteiger partial charge in [0.05, 0.1) is 25.2 Å². The molecule has 0 atom stereocenters. The molecule has 23 heavy (non-hydrogen) atoms. The van der Waals surface area contributed by atoms with Crippen LogP contribution in [0.25, 0.3) is 0 Å². The number of rotatable bonds is 4. The van der Waals surface area contributed by atoms with Gasteiger partial charge in [0.2, 0.25) is 5.91 Å². The minimum Gasteiger partial charge on any atom is -0.444 e. The van der Waals surface area contributed by atoms with E-state index >= 15 is 0 Å². The lowest BCUT2D eigenvalue weighted by Gasteiger charge is -2.24. The second-order valence-electron chi connectivity index (χ2n) is 6.62. The summed E-state index contributed by atoms with van der Waals surface area (Å²) in [4.78, 5) is 25.4. The molecule has 0 N–H and O–H groups in total. The first-order valence-electron chi connectivity index (χ1n) is 7.59. The van der Waals surface area contributed by atoms with Crippen molar-refractivity contribution in [3.63, 3.8) is 0 Å². The van der Waals surface area contributed by atoms with Gasteiger partial charge in [0.1, 0.15) is 5.60 Å². The monoisotopic (exact) mass is 317 g/mol. The molecule has 1 aromatic carbocycles. The fourth-order valence-corrected chi connectivity index (χ4v) is 2.17. The molecule has 0 saturated carbocycles. The molecule has 0 saturated heterocycles. The first kappa shape index (κ1) is 17.0. The van der Waals surface area contributed by atoms with Crippen molar-refractivity contribution < 1.29 is 14.3 Å². The normalized spacial score (nSPS) is 14.7. The van der Waals surface area contributed by atoms with Crippen molar-refractivity contribution in [2.45, 2.75) is 39.3 Å². The highest BCUT2D eigenvalue weighted by Crippen LogP contribution is 2.15. The summed E-state index contributed by atoms with van der Waals surface area (Å²) in [7, 11) is 1.64. The molecular weight excluding hydrogens is 294 g/mol. The third-order valence-electron chi connectivity index (χ3n) is 3.21. The molecule has 6 heteroatoms. The zero-order valence-corrected chi connectivity index (χ0v) is 14.1. The topological polar surface area (TPSA) is 62.2 Å². The zero-order valence-electron chi connectivity index (χ0n) is 14.1. The molecule has 0 aromatic heterocycles. The summed E-state index contributed by atoms with van der Waals surface area (Å²) in [6, 6.07) is 9.69. The molecule has 1 aliphatic rings. The highest BCUT2D eigenvalue weighted by atomic mass is 16.6. The lowest BCUT2D eigenvalue weighted by atomic mass is 10.2. The standard InChI is InChI=1S/C17H23N3O3/c1-17(2,3)23-16(22)19(4)12-14-10-15(21)20(18-14)11-13-8-6-5-7-9-13/h5-9H,10-12H2,1-4H3. The molecule has 0 radical (unpaired) electrons. The molecule has 2 rings (SSSR count). The summed E-state index contributed by atoms with van der Waals surface area (Å²) in [6.45, 7) is 6.18. The predicted molar refractivity (Wildman–Crippen MR) is 87.9 cm³/mol. The summed E-state index contributed by atoms with van der Waals surface area (Å²) in [5, 5.41) is 5.79. The summed E-state index contributed by atoms with van der Waals surface area (Å²) < 4.78 is 5.29. The number of carbonyl (C=O) groups excluding carboxylic acids is 2. The van der Waals surface area contributed by atoms with Crippen LogP contribution in [0, 0.1) is 0 Å². The van der Waals surface area contributed by atoms with Gasteiger partial charge in [0.25, 0.3) is 0 Å². The Hall–Kier alpha value is -2.37. The van der Waals surface area contributed by atoms with Crippen molar-refractivity contribution in [1.29, 1.82) is 0 Å². The van der Waals surface area contributed by atoms with Crippen LogP contribution in [0.15, 0.2) is 35.4 Å². The smallest absolute Gasteiger partial charge is 0.410 e. The molecule has 2 amide bonds. The average Bonchev–Trinajstić information content (AvgIpc) is 2.78. The number of nitrogens with zero attached hydrogens (tertiary/aromatic N) is 3. The lowest BCUT2D eigenvalue weighted by Crippen LogP contribution is -2.37. The van der Waals surface area contributed by atoms with Gasteiger partial charge in [-0.2, -0.15) is 5.10 Å². The fraction of sp³-hybridized carbons (Fsp3) is 0.471. The van der Waals surface area contributed by atoms with Crippen molar-refractivity contribution in [3.8, 4) is 0 Å². The molecule has 0 unspecified atom stereocenters. The maximum atomic E-state index is 12.0. The molecule has 1 aromatic rings. The summed E-state index contributed by atoms with van der Waals surface area (Å²) in [5.74, 6) is -0.0542. The van der Waals surface area contributed by atoms with E-state index in [4.69, 9.17) is 4.74 Å². The molecular formula is C17H23N3O3. The first-order valence-corrected chi connectivity index (χ1v) is 7.59. The van der Waals surface area contributed by atoms with Gasteiger partial charge >= 0.3 is 6.09 Å². The van der Waals surface area contributed by atoms with Gasteiger partial charge in [0.15, 0.2) is 0 Å². The van der Waals surface area contributed by atoms with E-state index < -0.39 is 11.7 Å². The number of amides is 2. The SMILES string of the molecule is CN(CC1=NN(Cc2ccccc2)C(=O)C1)C(=O)OC(C)(C)C. The van der Waals surface area contributed by atoms with Gasteiger partial charge in [-0.1, -0.05) is 30.3 Å². The Labute approximate surface area is 136 Å². The lowest BCUT2D eigenvalue weighted by molar-refractivity contribution is -0.129. The highest BCUT2D eigenvalue weighted by Gasteiger charge is 2.27. The Bertz CT molecular complexity index is 605. The molecule has 6 nitrogen and oxygen atoms in total. The van der Waals surface area contributed by atoms with Crippen LogP contribution < -0.4 is 0 Å². The summed E-state index contributed by atoms with van der Waals surface area (Å²) in [6.07, 6.45) is -0.186. The van der Waals surface area contributed by atoms with E-state index in [1.54, 1.807) is 7.05 Å². The minimum absolute atomic E-state index is 0.0542. The van der Waals surface area contributed by atoms with Gasteiger partial charge in [-0.15, -0.1) is 0 Å². The minimum atomic E-state index is -0.544. The number of benzene rings is 1. The number of hydrogen-bond acceptors (Lipinski definition) is 4. The van der Waals surface area contributed by atoms with Crippen LogP contribution in [0.3, 0.4) is 0 Å². The van der Waals surface area contributed by atoms with Crippen molar-refractivity contribution in [2.24, 2.45) is 5.10 Å². The van der Waals surface area contributed by atoms with E-state index in [0.29, 0.717) is 12.3 Å². The van der Waals surface area contributed by atoms with E-state index in [0.717, 1.165) is 5.56 Å². The first-order chi connectivity index (χ1) is 10.7. The van der Waals surface area contributed by atoms with Crippen LogP contribution in [0.4, 0.5) is 4.79 Å². The Morgan fingerprint density at radius 2 is 1.96 bits per heavy atom. The maximum absolute atomic E-state index is 12.0. The highest BCUT2D eigenvalue weighted by molar-refractivity contribution is 6.06. The fourth-order valence-electron chi connectivity index (χ4n) is 2.17. The third-order valence-corrected chi connectivity index (χ3v) is 3.21. The Morgan fingerprint density at radius 3 is 2.57 bits per heavy atom. The molecule has 124 valence electrons. The second-order valence-corrected chi connectivity index (χ2v) is 6.62. The van der Waals surface area contributed by atoms with Crippen LogP contribution in [0.2, 0.25) is 0 Å². The Morgan fingerprint density at radius 1 is 1.30 bits per heavy atom. The van der Waals surface area contributed by atoms with Crippen LogP contribution in [0.1, 0.15) is 32.8 Å². The van der Waals surface area contributed by atoms with Gasteiger partial charge in [-0.3, -0.25) is 4.79 Å². The largest absolute Gasteiger partial charge is 0.444 e. The van der Waals surface area contributed by atoms with Crippen LogP contribution in [0.5, 0.6) is 0 Å². The second kappa shape index (κ2) is 6.81. The van der Waals surface area contributed by atoms with Crippen molar-refractivity contribution in [1.82, 2.24) is 9.91 Å². The van der Waals surface area contributed by atoms with E-state index in [-0.39, 0.29) is 18.9 Å². The van der Waals surface area contributed by atoms with E-state index in [1.807, 2.05) is 51.1 Å². The summed E-state index contributed by atoms with van der Waals surface area (Å²) >= 11 is 0. The van der Waals surface area contributed by atoms with E-state index in [1.165, 1.54) is 9.91 Å². The van der Waals surface area contributed by atoms with Crippen LogP contribution in [-0.4, -0.2) is 46.8 Å². The maximum Gasteiger partial charge on any atom is 0.410 e. The molecule has 0 fully saturated rings. The molecule has 0 spiro atoms. The third kappa shape index (κ3) is 5.09. The molecule has 1 heterocycles. The quantitative estimate of drug-likeness (QED) is 0.857. The number of hydrazone groups is 1. The predicted octanol–water partition coefficient (Wildman–Crippen LogP) is 2.64. The van der Waals surface area contributed by atoms with Crippen molar-refractivity contribution >= 4 is 17.7 Å². The molecule has 0 bridgehead atoms.